The van der Waals surface area contributed by atoms with Crippen molar-refractivity contribution in [1.29, 1.82) is 0 Å². The molecule has 4 N–H and O–H groups in total. The Kier molecular flexibility index (Phi) is 5.76. The lowest BCUT2D eigenvalue weighted by atomic mass is 9.92. The number of carbonyl (C=O) groups is 2. The van der Waals surface area contributed by atoms with Gasteiger partial charge in [-0.1, -0.05) is 0 Å². The number of aromatic nitrogens is 2. The average molecular weight is 450 g/mol. The van der Waals surface area contributed by atoms with Crippen LogP contribution in [-0.2, 0) is 9.59 Å². The molecular weight excluding hydrogens is 429 g/mol. The van der Waals surface area contributed by atoms with Crippen LogP contribution in [0.1, 0.15) is 37.2 Å². The second-order valence-electron chi connectivity index (χ2n) is 7.59. The van der Waals surface area contributed by atoms with Crippen LogP contribution < -0.4 is 26.0 Å². The molecule has 1 aromatic carbocycles. The van der Waals surface area contributed by atoms with Crippen LogP contribution in [0.3, 0.4) is 0 Å². The van der Waals surface area contributed by atoms with Gasteiger partial charge in [-0.2, -0.15) is 9.97 Å². The summed E-state index contributed by atoms with van der Waals surface area (Å²) in [6, 6.07) is 4.68. The van der Waals surface area contributed by atoms with Gasteiger partial charge in [-0.3, -0.25) is 9.59 Å². The van der Waals surface area contributed by atoms with E-state index in [2.05, 4.69) is 25.3 Å². The number of fused-ring (bicyclic) bond motifs is 1. The fourth-order valence-electron chi connectivity index (χ4n) is 3.81. The summed E-state index contributed by atoms with van der Waals surface area (Å²) in [5.41, 5.74) is 6.72. The first-order valence-corrected chi connectivity index (χ1v) is 10.1. The molecule has 2 aromatic rings. The number of nitrogens with two attached hydrogens (primary N) is 1. The molecule has 0 bridgehead atoms. The Morgan fingerprint density at radius 2 is 1.84 bits per heavy atom. The molecule has 0 aliphatic carbocycles. The van der Waals surface area contributed by atoms with Gasteiger partial charge in [0.2, 0.25) is 17.8 Å². The number of halogens is 3. The Morgan fingerprint density at radius 3 is 2.50 bits per heavy atom. The van der Waals surface area contributed by atoms with Crippen LogP contribution in [0.2, 0.25) is 0 Å². The molecule has 32 heavy (non-hydrogen) atoms. The first-order valence-electron chi connectivity index (χ1n) is 10.1. The van der Waals surface area contributed by atoms with E-state index in [1.807, 2.05) is 4.90 Å². The van der Waals surface area contributed by atoms with Crippen molar-refractivity contribution in [2.24, 2.45) is 0 Å². The Labute approximate surface area is 181 Å². The van der Waals surface area contributed by atoms with Crippen LogP contribution in [0, 0.1) is 0 Å². The van der Waals surface area contributed by atoms with Gasteiger partial charge in [-0.05, 0) is 43.5 Å². The molecule has 2 aliphatic rings. The molecule has 4 rings (SSSR count). The van der Waals surface area contributed by atoms with Crippen molar-refractivity contribution < 1.29 is 27.5 Å². The van der Waals surface area contributed by atoms with Gasteiger partial charge >= 0.3 is 6.36 Å². The van der Waals surface area contributed by atoms with Gasteiger partial charge in [-0.25, -0.2) is 0 Å². The molecular formula is C20H21F3N6O3. The Hall–Kier alpha value is -3.57. The molecule has 1 saturated heterocycles. The second-order valence-corrected chi connectivity index (χ2v) is 7.59. The van der Waals surface area contributed by atoms with Gasteiger partial charge in [0, 0.05) is 25.2 Å². The van der Waals surface area contributed by atoms with Crippen LogP contribution >= 0.6 is 0 Å². The number of benzene rings is 1. The van der Waals surface area contributed by atoms with Gasteiger partial charge in [-0.15, -0.1) is 13.2 Å². The van der Waals surface area contributed by atoms with Crippen molar-refractivity contribution in [3.63, 3.8) is 0 Å². The lowest BCUT2D eigenvalue weighted by molar-refractivity contribution is -0.274. The van der Waals surface area contributed by atoms with E-state index in [0.717, 1.165) is 44.5 Å². The third-order valence-electron chi connectivity index (χ3n) is 5.27. The van der Waals surface area contributed by atoms with E-state index < -0.39 is 29.8 Å². The number of alkyl halides is 3. The summed E-state index contributed by atoms with van der Waals surface area (Å²) in [5, 5.41) is 5.25. The van der Waals surface area contributed by atoms with E-state index in [-0.39, 0.29) is 23.7 Å². The fourth-order valence-corrected chi connectivity index (χ4v) is 3.81. The van der Waals surface area contributed by atoms with Crippen molar-refractivity contribution in [2.75, 3.05) is 34.4 Å². The number of ether oxygens (including phenoxy) is 1. The lowest BCUT2D eigenvalue weighted by Crippen LogP contribution is -2.35. The van der Waals surface area contributed by atoms with Gasteiger partial charge in [0.05, 0.1) is 11.5 Å². The standard InChI is InChI=1S/C20H21F3N6O3/c21-20(22,23)32-12-6-4-11(5-7-12)25-18(31)13-10-14(30)26-17-15(13)16(24)27-19(28-17)29-8-2-1-3-9-29/h4-7,13H,1-3,8-10H2,(H,25,31)(H3,24,26,27,28,30). The predicted molar refractivity (Wildman–Crippen MR) is 110 cm³/mol. The first kappa shape index (κ1) is 21.7. The highest BCUT2D eigenvalue weighted by molar-refractivity contribution is 6.05. The number of nitrogens with zero attached hydrogens (tertiary/aromatic N) is 3. The van der Waals surface area contributed by atoms with Crippen LogP contribution in [0.4, 0.5) is 36.4 Å². The molecule has 0 spiro atoms. The monoisotopic (exact) mass is 450 g/mol. The SMILES string of the molecule is Nc1nc(N2CCCCC2)nc2c1C(C(=O)Nc1ccc(OC(F)(F)F)cc1)CC(=O)N2. The minimum absolute atomic E-state index is 0.102. The van der Waals surface area contributed by atoms with Crippen LogP contribution in [0.5, 0.6) is 5.75 Å². The molecule has 2 amide bonds. The quantitative estimate of drug-likeness (QED) is 0.654. The highest BCUT2D eigenvalue weighted by atomic mass is 19.4. The van der Waals surface area contributed by atoms with Gasteiger partial charge in [0.15, 0.2) is 0 Å². The van der Waals surface area contributed by atoms with Gasteiger partial charge in [0.1, 0.15) is 17.4 Å². The number of anilines is 4. The minimum Gasteiger partial charge on any atom is -0.406 e. The molecule has 0 radical (unpaired) electrons. The molecule has 1 atom stereocenters. The molecule has 1 fully saturated rings. The van der Waals surface area contributed by atoms with Crippen LogP contribution in [-0.4, -0.2) is 41.2 Å². The number of hydrogen-bond acceptors (Lipinski definition) is 7. The van der Waals surface area contributed by atoms with E-state index in [9.17, 15) is 22.8 Å². The summed E-state index contributed by atoms with van der Waals surface area (Å²) < 4.78 is 40.7. The Bertz CT molecular complexity index is 1020. The van der Waals surface area contributed by atoms with Crippen molar-refractivity contribution in [3.8, 4) is 5.75 Å². The van der Waals surface area contributed by atoms with Crippen molar-refractivity contribution in [2.45, 2.75) is 38.0 Å². The summed E-state index contributed by atoms with van der Waals surface area (Å²) in [6.07, 6.45) is -1.84. The summed E-state index contributed by atoms with van der Waals surface area (Å²) in [5.74, 6) is -1.60. The maximum atomic E-state index is 12.9. The molecule has 2 aliphatic heterocycles. The molecule has 3 heterocycles. The van der Waals surface area contributed by atoms with E-state index in [0.29, 0.717) is 11.5 Å². The smallest absolute Gasteiger partial charge is 0.406 e. The Morgan fingerprint density at radius 1 is 1.16 bits per heavy atom. The van der Waals surface area contributed by atoms with Crippen LogP contribution in [0.15, 0.2) is 24.3 Å². The summed E-state index contributed by atoms with van der Waals surface area (Å²) in [6.45, 7) is 1.56. The number of rotatable bonds is 4. The third-order valence-corrected chi connectivity index (χ3v) is 5.27. The van der Waals surface area contributed by atoms with E-state index >= 15 is 0 Å². The number of amides is 2. The topological polar surface area (TPSA) is 122 Å². The zero-order valence-corrected chi connectivity index (χ0v) is 16.9. The normalized spacial score (nSPS) is 18.5. The fraction of sp³-hybridized carbons (Fsp3) is 0.400. The molecule has 12 heteroatoms. The molecule has 1 aromatic heterocycles. The van der Waals surface area contributed by atoms with Crippen molar-refractivity contribution in [1.82, 2.24) is 9.97 Å². The minimum atomic E-state index is -4.81. The third kappa shape index (κ3) is 4.84. The zero-order valence-electron chi connectivity index (χ0n) is 16.9. The summed E-state index contributed by atoms with van der Waals surface area (Å²) >= 11 is 0. The van der Waals surface area contributed by atoms with E-state index in [4.69, 9.17) is 5.73 Å². The van der Waals surface area contributed by atoms with Gasteiger partial charge < -0.3 is 26.0 Å². The van der Waals surface area contributed by atoms with Crippen LogP contribution in [0.25, 0.3) is 0 Å². The predicted octanol–water partition coefficient (Wildman–Crippen LogP) is 3.01. The highest BCUT2D eigenvalue weighted by Crippen LogP contribution is 2.37. The lowest BCUT2D eigenvalue weighted by Gasteiger charge is -2.30. The first-order chi connectivity index (χ1) is 15.2. The maximum Gasteiger partial charge on any atom is 0.573 e. The Balaban J connectivity index is 1.54. The van der Waals surface area contributed by atoms with Crippen molar-refractivity contribution >= 4 is 35.1 Å². The maximum absolute atomic E-state index is 12.9. The zero-order chi connectivity index (χ0) is 22.9. The number of piperidine rings is 1. The number of nitrogens with one attached hydrogen (secondary N) is 2. The van der Waals surface area contributed by atoms with E-state index in [1.165, 1.54) is 12.1 Å². The molecule has 170 valence electrons. The number of hydrogen-bond donors (Lipinski definition) is 3. The van der Waals surface area contributed by atoms with Crippen molar-refractivity contribution in [3.05, 3.63) is 29.8 Å². The number of nitrogen functional groups attached to an aromatic ring is 1. The largest absolute Gasteiger partial charge is 0.573 e. The summed E-state index contributed by atoms with van der Waals surface area (Å²) in [4.78, 5) is 35.9. The second kappa shape index (κ2) is 8.52. The summed E-state index contributed by atoms with van der Waals surface area (Å²) in [7, 11) is 0. The molecule has 9 nitrogen and oxygen atoms in total. The molecule has 1 unspecified atom stereocenters. The van der Waals surface area contributed by atoms with Gasteiger partial charge in [0.25, 0.3) is 0 Å². The molecule has 0 saturated carbocycles. The average Bonchev–Trinajstić information content (AvgIpc) is 2.73. The van der Waals surface area contributed by atoms with E-state index in [1.54, 1.807) is 0 Å². The number of carbonyl (C=O) groups excluding carboxylic acids is 2. The highest BCUT2D eigenvalue weighted by Gasteiger charge is 2.35.